The van der Waals surface area contributed by atoms with E-state index < -0.39 is 29.7 Å². The number of alkyl carbamates (subject to hydrolysis) is 1. The molecule has 0 aliphatic heterocycles. The topological polar surface area (TPSA) is 89.5 Å². The Morgan fingerprint density at radius 2 is 1.67 bits per heavy atom. The van der Waals surface area contributed by atoms with Crippen LogP contribution in [0.3, 0.4) is 0 Å². The lowest BCUT2D eigenvalue weighted by atomic mass is 10.1. The van der Waals surface area contributed by atoms with E-state index in [2.05, 4.69) is 15.6 Å². The largest absolute Gasteiger partial charge is 0.444 e. The van der Waals surface area contributed by atoms with Crippen molar-refractivity contribution in [3.8, 4) is 11.3 Å². The predicted octanol–water partition coefficient (Wildman–Crippen LogP) is 5.25. The molecule has 2 amide bonds. The Morgan fingerprint density at radius 1 is 1.03 bits per heavy atom. The molecule has 0 radical (unpaired) electrons. The fourth-order valence-corrected chi connectivity index (χ4v) is 3.71. The molecule has 33 heavy (non-hydrogen) atoms. The third kappa shape index (κ3) is 7.69. The molecular formula is C25H29N3O4S. The van der Waals surface area contributed by atoms with Crippen LogP contribution < -0.4 is 10.6 Å². The van der Waals surface area contributed by atoms with Crippen molar-refractivity contribution < 1.29 is 19.1 Å². The van der Waals surface area contributed by atoms with Crippen LogP contribution in [-0.4, -0.2) is 34.7 Å². The number of hydrogen-bond donors (Lipinski definition) is 2. The molecule has 3 rings (SSSR count). The van der Waals surface area contributed by atoms with Gasteiger partial charge < -0.3 is 20.1 Å². The number of hydrogen-bond acceptors (Lipinski definition) is 6. The molecule has 2 aromatic carbocycles. The summed E-state index contributed by atoms with van der Waals surface area (Å²) in [5, 5.41) is 7.75. The second-order valence-corrected chi connectivity index (χ2v) is 9.38. The van der Waals surface area contributed by atoms with E-state index in [9.17, 15) is 9.59 Å². The van der Waals surface area contributed by atoms with Crippen LogP contribution in [0.1, 0.15) is 33.3 Å². The van der Waals surface area contributed by atoms with Crippen molar-refractivity contribution in [2.75, 3.05) is 5.32 Å². The van der Waals surface area contributed by atoms with Gasteiger partial charge in [-0.3, -0.25) is 4.79 Å². The Bertz CT molecular complexity index is 1050. The molecule has 0 unspecified atom stereocenters. The highest BCUT2D eigenvalue weighted by Gasteiger charge is 2.30. The Labute approximate surface area is 198 Å². The number of ether oxygens (including phenoxy) is 2. The number of amides is 2. The van der Waals surface area contributed by atoms with E-state index in [-0.39, 0.29) is 0 Å². The Hall–Kier alpha value is -3.23. The van der Waals surface area contributed by atoms with Crippen molar-refractivity contribution in [2.45, 2.75) is 52.0 Å². The molecule has 0 saturated heterocycles. The van der Waals surface area contributed by atoms with Gasteiger partial charge in [-0.05, 0) is 33.3 Å². The second kappa shape index (κ2) is 11.1. The lowest BCUT2D eigenvalue weighted by molar-refractivity contribution is -0.122. The van der Waals surface area contributed by atoms with Crippen LogP contribution in [0, 0.1) is 0 Å². The lowest BCUT2D eigenvalue weighted by Crippen LogP contribution is -2.52. The first kappa shape index (κ1) is 24.4. The van der Waals surface area contributed by atoms with Crippen LogP contribution in [0.25, 0.3) is 11.3 Å². The van der Waals surface area contributed by atoms with Crippen molar-refractivity contribution >= 4 is 28.5 Å². The number of nitrogens with zero attached hydrogens (tertiary/aromatic N) is 1. The molecule has 0 fully saturated rings. The number of thiazole rings is 1. The highest BCUT2D eigenvalue weighted by molar-refractivity contribution is 7.14. The van der Waals surface area contributed by atoms with E-state index in [1.807, 2.05) is 66.0 Å². The van der Waals surface area contributed by atoms with Gasteiger partial charge in [0.15, 0.2) is 5.13 Å². The predicted molar refractivity (Wildman–Crippen MR) is 130 cm³/mol. The molecule has 0 aliphatic carbocycles. The van der Waals surface area contributed by atoms with Gasteiger partial charge in [0.2, 0.25) is 0 Å². The van der Waals surface area contributed by atoms with Gasteiger partial charge in [0, 0.05) is 10.9 Å². The van der Waals surface area contributed by atoms with Gasteiger partial charge in [-0.25, -0.2) is 9.78 Å². The van der Waals surface area contributed by atoms with E-state index in [4.69, 9.17) is 9.47 Å². The van der Waals surface area contributed by atoms with Crippen molar-refractivity contribution in [1.29, 1.82) is 0 Å². The average Bonchev–Trinajstić information content (AvgIpc) is 3.24. The smallest absolute Gasteiger partial charge is 0.408 e. The van der Waals surface area contributed by atoms with Crippen LogP contribution in [0.15, 0.2) is 66.0 Å². The van der Waals surface area contributed by atoms with E-state index in [0.29, 0.717) is 11.7 Å². The van der Waals surface area contributed by atoms with Gasteiger partial charge in [0.05, 0.1) is 18.4 Å². The summed E-state index contributed by atoms with van der Waals surface area (Å²) in [7, 11) is 0. The second-order valence-electron chi connectivity index (χ2n) is 8.52. The van der Waals surface area contributed by atoms with Crippen LogP contribution >= 0.6 is 11.3 Å². The summed E-state index contributed by atoms with van der Waals surface area (Å²) >= 11 is 1.31. The molecule has 0 spiro atoms. The van der Waals surface area contributed by atoms with E-state index >= 15 is 0 Å². The highest BCUT2D eigenvalue weighted by Crippen LogP contribution is 2.25. The van der Waals surface area contributed by atoms with Gasteiger partial charge in [0.1, 0.15) is 11.6 Å². The van der Waals surface area contributed by atoms with Gasteiger partial charge in [0.25, 0.3) is 5.91 Å². The SMILES string of the molecule is C[C@@H](OCc1ccccc1)[C@H](NC(=O)OC(C)(C)C)C(=O)Nc1nc(-c2ccccc2)cs1. The summed E-state index contributed by atoms with van der Waals surface area (Å²) < 4.78 is 11.3. The zero-order chi connectivity index (χ0) is 23.8. The normalized spacial score (nSPS) is 13.1. The first-order valence-electron chi connectivity index (χ1n) is 10.7. The number of nitrogens with one attached hydrogen (secondary N) is 2. The van der Waals surface area contributed by atoms with Crippen molar-refractivity contribution in [3.63, 3.8) is 0 Å². The number of carbonyl (C=O) groups is 2. The summed E-state index contributed by atoms with van der Waals surface area (Å²) in [6, 6.07) is 18.3. The maximum atomic E-state index is 13.1. The molecule has 174 valence electrons. The molecule has 2 atom stereocenters. The zero-order valence-electron chi connectivity index (χ0n) is 19.2. The number of anilines is 1. The summed E-state index contributed by atoms with van der Waals surface area (Å²) in [6.45, 7) is 7.33. The Kier molecular flexibility index (Phi) is 8.19. The Balaban J connectivity index is 1.70. The van der Waals surface area contributed by atoms with Crippen molar-refractivity contribution in [3.05, 3.63) is 71.6 Å². The van der Waals surface area contributed by atoms with E-state index in [0.717, 1.165) is 16.8 Å². The number of aromatic nitrogens is 1. The minimum Gasteiger partial charge on any atom is -0.444 e. The van der Waals surface area contributed by atoms with Crippen molar-refractivity contribution in [2.24, 2.45) is 0 Å². The lowest BCUT2D eigenvalue weighted by Gasteiger charge is -2.26. The fraction of sp³-hybridized carbons (Fsp3) is 0.320. The molecular weight excluding hydrogens is 438 g/mol. The summed E-state index contributed by atoms with van der Waals surface area (Å²) in [6.07, 6.45) is -1.31. The minimum absolute atomic E-state index is 0.303. The third-order valence-corrected chi connectivity index (χ3v) is 5.34. The molecule has 8 heteroatoms. The van der Waals surface area contributed by atoms with Crippen LogP contribution in [-0.2, 0) is 20.9 Å². The van der Waals surface area contributed by atoms with Gasteiger partial charge in [-0.15, -0.1) is 11.3 Å². The van der Waals surface area contributed by atoms with Gasteiger partial charge in [-0.1, -0.05) is 60.7 Å². The maximum absolute atomic E-state index is 13.1. The maximum Gasteiger partial charge on any atom is 0.408 e. The van der Waals surface area contributed by atoms with E-state index in [1.165, 1.54) is 11.3 Å². The Morgan fingerprint density at radius 3 is 2.30 bits per heavy atom. The van der Waals surface area contributed by atoms with Crippen LogP contribution in [0.2, 0.25) is 0 Å². The summed E-state index contributed by atoms with van der Waals surface area (Å²) in [5.41, 5.74) is 1.99. The monoisotopic (exact) mass is 467 g/mol. The standard InChI is InChI=1S/C25H29N3O4S/c1-17(31-15-18-11-7-5-8-12-18)21(27-24(30)32-25(2,3)4)22(29)28-23-26-20(16-33-23)19-13-9-6-10-14-19/h5-14,16-17,21H,15H2,1-4H3,(H,27,30)(H,26,28,29)/t17-,21+/m1/s1. The third-order valence-electron chi connectivity index (χ3n) is 4.58. The van der Waals surface area contributed by atoms with E-state index in [1.54, 1.807) is 27.7 Å². The van der Waals surface area contributed by atoms with Crippen LogP contribution in [0.4, 0.5) is 9.93 Å². The molecule has 7 nitrogen and oxygen atoms in total. The average molecular weight is 468 g/mol. The molecule has 1 aromatic heterocycles. The molecule has 1 heterocycles. The molecule has 3 aromatic rings. The van der Waals surface area contributed by atoms with Gasteiger partial charge in [-0.2, -0.15) is 0 Å². The quantitative estimate of drug-likeness (QED) is 0.472. The molecule has 0 bridgehead atoms. The summed E-state index contributed by atoms with van der Waals surface area (Å²) in [5.74, 6) is -0.435. The highest BCUT2D eigenvalue weighted by atomic mass is 32.1. The van der Waals surface area contributed by atoms with Crippen LogP contribution in [0.5, 0.6) is 0 Å². The molecule has 2 N–H and O–H groups in total. The fourth-order valence-electron chi connectivity index (χ4n) is 2.98. The molecule has 0 saturated carbocycles. The number of benzene rings is 2. The first-order chi connectivity index (χ1) is 15.7. The number of rotatable bonds is 8. The number of carbonyl (C=O) groups excluding carboxylic acids is 2. The minimum atomic E-state index is -0.979. The zero-order valence-corrected chi connectivity index (χ0v) is 20.0. The molecule has 0 aliphatic rings. The summed E-state index contributed by atoms with van der Waals surface area (Å²) in [4.78, 5) is 30.0. The first-order valence-corrected chi connectivity index (χ1v) is 11.6. The van der Waals surface area contributed by atoms with Crippen molar-refractivity contribution in [1.82, 2.24) is 10.3 Å². The van der Waals surface area contributed by atoms with Gasteiger partial charge >= 0.3 is 6.09 Å².